The van der Waals surface area contributed by atoms with E-state index in [0.29, 0.717) is 23.0 Å². The van der Waals surface area contributed by atoms with Crippen LogP contribution in [-0.2, 0) is 9.59 Å². The van der Waals surface area contributed by atoms with Crippen molar-refractivity contribution in [2.24, 2.45) is 0 Å². The van der Waals surface area contributed by atoms with Crippen molar-refractivity contribution >= 4 is 23.3 Å². The lowest BCUT2D eigenvalue weighted by Crippen LogP contribution is -2.36. The molecule has 0 atom stereocenters. The first-order valence-electron chi connectivity index (χ1n) is 7.63. The molecule has 7 nitrogen and oxygen atoms in total. The number of carbonyl (C=O) groups is 2. The van der Waals surface area contributed by atoms with Crippen LogP contribution in [0, 0.1) is 6.92 Å². The standard InChI is InChI=1S/C17H21N3O4/c1-11(2)23-15-7-5-14(6-8-15)20(13(4)21)10-17(22)18-16-9-12(3)24-19-16/h5-9,11H,10H2,1-4H3,(H,18,19,22). The monoisotopic (exact) mass is 331 g/mol. The van der Waals surface area contributed by atoms with Gasteiger partial charge in [-0.15, -0.1) is 0 Å². The lowest BCUT2D eigenvalue weighted by molar-refractivity contribution is -0.120. The average molecular weight is 331 g/mol. The Balaban J connectivity index is 2.05. The summed E-state index contributed by atoms with van der Waals surface area (Å²) in [7, 11) is 0. The largest absolute Gasteiger partial charge is 0.491 e. The van der Waals surface area contributed by atoms with Gasteiger partial charge in [0.1, 0.15) is 18.1 Å². The summed E-state index contributed by atoms with van der Waals surface area (Å²) in [6.07, 6.45) is 0.0662. The van der Waals surface area contributed by atoms with E-state index in [1.54, 1.807) is 37.3 Å². The highest BCUT2D eigenvalue weighted by Gasteiger charge is 2.17. The lowest BCUT2D eigenvalue weighted by atomic mass is 10.2. The summed E-state index contributed by atoms with van der Waals surface area (Å²) in [5, 5.41) is 6.29. The molecule has 1 aromatic heterocycles. The van der Waals surface area contributed by atoms with Gasteiger partial charge in [0.05, 0.1) is 6.10 Å². The smallest absolute Gasteiger partial charge is 0.245 e. The number of ether oxygens (including phenoxy) is 1. The van der Waals surface area contributed by atoms with Crippen molar-refractivity contribution in [2.45, 2.75) is 33.8 Å². The molecule has 1 N–H and O–H groups in total. The second kappa shape index (κ2) is 7.63. The fraction of sp³-hybridized carbons (Fsp3) is 0.353. The quantitative estimate of drug-likeness (QED) is 0.880. The summed E-state index contributed by atoms with van der Waals surface area (Å²) in [6.45, 7) is 6.89. The minimum atomic E-state index is -0.360. The fourth-order valence-corrected chi connectivity index (χ4v) is 2.11. The molecule has 0 aliphatic heterocycles. The number of aromatic nitrogens is 1. The number of nitrogens with zero attached hydrogens (tertiary/aromatic N) is 2. The Morgan fingerprint density at radius 3 is 2.46 bits per heavy atom. The molecule has 1 aromatic carbocycles. The molecule has 2 rings (SSSR count). The van der Waals surface area contributed by atoms with Crippen molar-refractivity contribution in [3.63, 3.8) is 0 Å². The summed E-state index contributed by atoms with van der Waals surface area (Å²) >= 11 is 0. The normalized spacial score (nSPS) is 10.5. The Kier molecular flexibility index (Phi) is 5.57. The Bertz CT molecular complexity index is 707. The number of amides is 2. The molecule has 128 valence electrons. The molecule has 7 heteroatoms. The third-order valence-electron chi connectivity index (χ3n) is 3.10. The van der Waals surface area contributed by atoms with Crippen molar-refractivity contribution < 1.29 is 18.8 Å². The van der Waals surface area contributed by atoms with E-state index in [4.69, 9.17) is 9.26 Å². The number of nitrogens with one attached hydrogen (secondary N) is 1. The summed E-state index contributed by atoms with van der Waals surface area (Å²) in [5.74, 6) is 1.02. The van der Waals surface area contributed by atoms with Gasteiger partial charge in [0, 0.05) is 18.7 Å². The molecule has 0 aliphatic carbocycles. The minimum Gasteiger partial charge on any atom is -0.491 e. The van der Waals surface area contributed by atoms with Gasteiger partial charge in [-0.3, -0.25) is 9.59 Å². The molecule has 2 aromatic rings. The zero-order valence-electron chi connectivity index (χ0n) is 14.2. The van der Waals surface area contributed by atoms with Crippen LogP contribution in [0.4, 0.5) is 11.5 Å². The molecular weight excluding hydrogens is 310 g/mol. The predicted octanol–water partition coefficient (Wildman–Crippen LogP) is 2.76. The van der Waals surface area contributed by atoms with E-state index in [0.717, 1.165) is 0 Å². The number of aryl methyl sites for hydroxylation is 1. The second-order valence-electron chi connectivity index (χ2n) is 5.64. The van der Waals surface area contributed by atoms with Gasteiger partial charge < -0.3 is 19.5 Å². The molecule has 0 saturated heterocycles. The van der Waals surface area contributed by atoms with E-state index in [9.17, 15) is 9.59 Å². The van der Waals surface area contributed by atoms with Gasteiger partial charge in [-0.25, -0.2) is 0 Å². The first-order valence-corrected chi connectivity index (χ1v) is 7.63. The van der Waals surface area contributed by atoms with Crippen LogP contribution in [0.3, 0.4) is 0 Å². The van der Waals surface area contributed by atoms with Crippen molar-refractivity contribution in [1.29, 1.82) is 0 Å². The van der Waals surface area contributed by atoms with Crippen LogP contribution in [0.2, 0.25) is 0 Å². The second-order valence-corrected chi connectivity index (χ2v) is 5.64. The molecule has 1 heterocycles. The third-order valence-corrected chi connectivity index (χ3v) is 3.10. The highest BCUT2D eigenvalue weighted by atomic mass is 16.5. The SMILES string of the molecule is CC(=O)N(CC(=O)Nc1cc(C)on1)c1ccc(OC(C)C)cc1. The molecule has 0 radical (unpaired) electrons. The highest BCUT2D eigenvalue weighted by molar-refractivity contribution is 6.01. The topological polar surface area (TPSA) is 84.7 Å². The van der Waals surface area contributed by atoms with Crippen molar-refractivity contribution in [3.8, 4) is 5.75 Å². The van der Waals surface area contributed by atoms with Crippen LogP contribution >= 0.6 is 0 Å². The average Bonchev–Trinajstić information content (AvgIpc) is 2.90. The van der Waals surface area contributed by atoms with E-state index in [-0.39, 0.29) is 24.5 Å². The zero-order valence-corrected chi connectivity index (χ0v) is 14.2. The molecule has 0 fully saturated rings. The summed E-state index contributed by atoms with van der Waals surface area (Å²) in [6, 6.07) is 8.63. The first kappa shape index (κ1) is 17.5. The van der Waals surface area contributed by atoms with Crippen LogP contribution in [0.5, 0.6) is 5.75 Å². The van der Waals surface area contributed by atoms with Gasteiger partial charge in [-0.2, -0.15) is 0 Å². The number of benzene rings is 1. The Morgan fingerprint density at radius 1 is 1.29 bits per heavy atom. The molecule has 0 aliphatic rings. The minimum absolute atomic E-state index is 0.0662. The number of rotatable bonds is 6. The third kappa shape index (κ3) is 4.84. The maximum absolute atomic E-state index is 12.1. The van der Waals surface area contributed by atoms with Gasteiger partial charge in [0.25, 0.3) is 0 Å². The molecule has 2 amide bonds. The van der Waals surface area contributed by atoms with Crippen LogP contribution in [-0.4, -0.2) is 29.6 Å². The number of anilines is 2. The lowest BCUT2D eigenvalue weighted by Gasteiger charge is -2.21. The molecule has 0 spiro atoms. The van der Waals surface area contributed by atoms with Gasteiger partial charge in [-0.1, -0.05) is 5.16 Å². The van der Waals surface area contributed by atoms with E-state index < -0.39 is 0 Å². The molecule has 0 unspecified atom stereocenters. The zero-order chi connectivity index (χ0) is 17.7. The van der Waals surface area contributed by atoms with Crippen LogP contribution in [0.1, 0.15) is 26.5 Å². The Morgan fingerprint density at radius 2 is 1.96 bits per heavy atom. The Hall–Kier alpha value is -2.83. The van der Waals surface area contributed by atoms with Gasteiger partial charge >= 0.3 is 0 Å². The van der Waals surface area contributed by atoms with Crippen LogP contribution < -0.4 is 15.0 Å². The van der Waals surface area contributed by atoms with E-state index in [2.05, 4.69) is 10.5 Å². The van der Waals surface area contributed by atoms with E-state index in [1.165, 1.54) is 11.8 Å². The number of hydrogen-bond acceptors (Lipinski definition) is 5. The van der Waals surface area contributed by atoms with E-state index in [1.807, 2.05) is 13.8 Å². The molecule has 0 bridgehead atoms. The first-order chi connectivity index (χ1) is 11.3. The highest BCUT2D eigenvalue weighted by Crippen LogP contribution is 2.20. The van der Waals surface area contributed by atoms with Gasteiger partial charge in [0.15, 0.2) is 5.82 Å². The summed E-state index contributed by atoms with van der Waals surface area (Å²) in [5.41, 5.74) is 0.616. The Labute approximate surface area is 140 Å². The van der Waals surface area contributed by atoms with E-state index >= 15 is 0 Å². The summed E-state index contributed by atoms with van der Waals surface area (Å²) < 4.78 is 10.5. The molecular formula is C17H21N3O4. The van der Waals surface area contributed by atoms with Gasteiger partial charge in [-0.05, 0) is 45.0 Å². The van der Waals surface area contributed by atoms with Crippen molar-refractivity contribution in [3.05, 3.63) is 36.1 Å². The number of carbonyl (C=O) groups excluding carboxylic acids is 2. The predicted molar refractivity (Wildman–Crippen MR) is 90.1 cm³/mol. The summed E-state index contributed by atoms with van der Waals surface area (Å²) in [4.78, 5) is 25.4. The van der Waals surface area contributed by atoms with Crippen molar-refractivity contribution in [2.75, 3.05) is 16.8 Å². The maximum Gasteiger partial charge on any atom is 0.245 e. The molecule has 24 heavy (non-hydrogen) atoms. The van der Waals surface area contributed by atoms with Gasteiger partial charge in [0.2, 0.25) is 11.8 Å². The van der Waals surface area contributed by atoms with Crippen LogP contribution in [0.15, 0.2) is 34.9 Å². The molecule has 0 saturated carbocycles. The fourth-order valence-electron chi connectivity index (χ4n) is 2.11. The maximum atomic E-state index is 12.1. The van der Waals surface area contributed by atoms with Crippen molar-refractivity contribution in [1.82, 2.24) is 5.16 Å². The van der Waals surface area contributed by atoms with Crippen LogP contribution in [0.25, 0.3) is 0 Å². The number of hydrogen-bond donors (Lipinski definition) is 1.